The maximum Gasteiger partial charge on any atom is 0.340 e. The predicted octanol–water partition coefficient (Wildman–Crippen LogP) is 4.42. The summed E-state index contributed by atoms with van der Waals surface area (Å²) in [7, 11) is 0. The number of hydrogen-bond acceptors (Lipinski definition) is 2. The van der Waals surface area contributed by atoms with E-state index in [1.807, 2.05) is 4.90 Å². The summed E-state index contributed by atoms with van der Waals surface area (Å²) in [5, 5.41) is 9.28. The van der Waals surface area contributed by atoms with Crippen molar-refractivity contribution in [3.8, 4) is 0 Å². The molecule has 0 aromatic heterocycles. The fourth-order valence-corrected chi connectivity index (χ4v) is 2.17. The number of halogens is 1. The fraction of sp³-hybridized carbons (Fsp3) is 0.588. The Labute approximate surface area is 126 Å². The molecule has 118 valence electrons. The summed E-state index contributed by atoms with van der Waals surface area (Å²) in [6, 6.07) is 4.48. The lowest BCUT2D eigenvalue weighted by Gasteiger charge is -2.28. The average Bonchev–Trinajstić information content (AvgIpc) is 2.37. The van der Waals surface area contributed by atoms with Crippen molar-refractivity contribution >= 4 is 11.7 Å². The van der Waals surface area contributed by atoms with E-state index in [0.29, 0.717) is 17.5 Å². The number of carboxylic acids is 1. The molecule has 0 amide bonds. The zero-order valence-electron chi connectivity index (χ0n) is 13.4. The highest BCUT2D eigenvalue weighted by molar-refractivity contribution is 5.94. The number of carboxylic acid groups (broad SMARTS) is 1. The van der Waals surface area contributed by atoms with Crippen molar-refractivity contribution in [1.29, 1.82) is 0 Å². The standard InChI is InChI=1S/C17H26FNO2/c1-12(2)8-10-19(11-9-13(3)4)15-7-5-6-14(18)16(15)17(20)21/h5-7,12-13H,8-11H2,1-4H3,(H,20,21). The van der Waals surface area contributed by atoms with Crippen LogP contribution in [0.1, 0.15) is 50.9 Å². The van der Waals surface area contributed by atoms with E-state index < -0.39 is 11.8 Å². The summed E-state index contributed by atoms with van der Waals surface area (Å²) in [4.78, 5) is 13.4. The lowest BCUT2D eigenvalue weighted by Crippen LogP contribution is -2.29. The highest BCUT2D eigenvalue weighted by Gasteiger charge is 2.20. The van der Waals surface area contributed by atoms with Gasteiger partial charge in [0.2, 0.25) is 0 Å². The first-order valence-corrected chi connectivity index (χ1v) is 7.59. The summed E-state index contributed by atoms with van der Waals surface area (Å²) >= 11 is 0. The van der Waals surface area contributed by atoms with Crippen molar-refractivity contribution in [2.24, 2.45) is 11.8 Å². The molecule has 0 bridgehead atoms. The maximum absolute atomic E-state index is 13.9. The first kappa shape index (κ1) is 17.5. The predicted molar refractivity (Wildman–Crippen MR) is 84.5 cm³/mol. The third kappa shape index (κ3) is 5.37. The van der Waals surface area contributed by atoms with Crippen LogP contribution in [0, 0.1) is 17.7 Å². The van der Waals surface area contributed by atoms with E-state index in [2.05, 4.69) is 27.7 Å². The number of carbonyl (C=O) groups is 1. The quantitative estimate of drug-likeness (QED) is 0.771. The lowest BCUT2D eigenvalue weighted by molar-refractivity contribution is 0.0692. The van der Waals surface area contributed by atoms with Gasteiger partial charge < -0.3 is 10.0 Å². The van der Waals surface area contributed by atoms with Gasteiger partial charge in [0.1, 0.15) is 11.4 Å². The molecule has 0 saturated heterocycles. The Hall–Kier alpha value is -1.58. The van der Waals surface area contributed by atoms with Crippen LogP contribution >= 0.6 is 0 Å². The topological polar surface area (TPSA) is 40.5 Å². The largest absolute Gasteiger partial charge is 0.478 e. The van der Waals surface area contributed by atoms with E-state index in [0.717, 1.165) is 25.9 Å². The number of hydrogen-bond donors (Lipinski definition) is 1. The van der Waals surface area contributed by atoms with E-state index in [-0.39, 0.29) is 5.56 Å². The molecule has 21 heavy (non-hydrogen) atoms. The van der Waals surface area contributed by atoms with Crippen LogP contribution in [-0.4, -0.2) is 24.2 Å². The molecule has 4 heteroatoms. The molecule has 0 saturated carbocycles. The van der Waals surface area contributed by atoms with Crippen molar-refractivity contribution < 1.29 is 14.3 Å². The average molecular weight is 295 g/mol. The number of rotatable bonds is 8. The van der Waals surface area contributed by atoms with Crippen LogP contribution in [0.2, 0.25) is 0 Å². The molecule has 1 N–H and O–H groups in total. The van der Waals surface area contributed by atoms with Gasteiger partial charge in [-0.25, -0.2) is 9.18 Å². The minimum atomic E-state index is -1.21. The Morgan fingerprint density at radius 3 is 2.10 bits per heavy atom. The van der Waals surface area contributed by atoms with Crippen LogP contribution < -0.4 is 4.90 Å². The van der Waals surface area contributed by atoms with Gasteiger partial charge in [0.15, 0.2) is 0 Å². The number of benzene rings is 1. The van der Waals surface area contributed by atoms with Crippen LogP contribution in [0.3, 0.4) is 0 Å². The Balaban J connectivity index is 3.06. The molecular formula is C17H26FNO2. The van der Waals surface area contributed by atoms with Gasteiger partial charge in [-0.1, -0.05) is 33.8 Å². The Morgan fingerprint density at radius 1 is 1.14 bits per heavy atom. The molecule has 0 aliphatic carbocycles. The van der Waals surface area contributed by atoms with Gasteiger partial charge in [-0.05, 0) is 36.8 Å². The van der Waals surface area contributed by atoms with Crippen LogP contribution in [0.5, 0.6) is 0 Å². The molecule has 0 heterocycles. The van der Waals surface area contributed by atoms with Gasteiger partial charge in [-0.15, -0.1) is 0 Å². The van der Waals surface area contributed by atoms with E-state index in [4.69, 9.17) is 0 Å². The van der Waals surface area contributed by atoms with Gasteiger partial charge in [0, 0.05) is 13.1 Å². The minimum Gasteiger partial charge on any atom is -0.478 e. The summed E-state index contributed by atoms with van der Waals surface area (Å²) in [5.74, 6) is -0.830. The second-order valence-electron chi connectivity index (χ2n) is 6.29. The molecule has 1 rings (SSSR count). The molecule has 1 aromatic rings. The Morgan fingerprint density at radius 2 is 1.67 bits per heavy atom. The monoisotopic (exact) mass is 295 g/mol. The molecule has 0 fully saturated rings. The smallest absolute Gasteiger partial charge is 0.340 e. The zero-order chi connectivity index (χ0) is 16.0. The van der Waals surface area contributed by atoms with Gasteiger partial charge >= 0.3 is 5.97 Å². The third-order valence-electron chi connectivity index (χ3n) is 3.50. The fourth-order valence-electron chi connectivity index (χ4n) is 2.17. The van der Waals surface area contributed by atoms with Crippen LogP contribution in [0.25, 0.3) is 0 Å². The summed E-state index contributed by atoms with van der Waals surface area (Å²) < 4.78 is 13.9. The Kier molecular flexibility index (Phi) is 6.66. The second kappa shape index (κ2) is 8.01. The minimum absolute atomic E-state index is 0.218. The molecule has 0 spiro atoms. The van der Waals surface area contributed by atoms with E-state index >= 15 is 0 Å². The van der Waals surface area contributed by atoms with Crippen molar-refractivity contribution in [3.05, 3.63) is 29.6 Å². The van der Waals surface area contributed by atoms with Crippen molar-refractivity contribution in [3.63, 3.8) is 0 Å². The SMILES string of the molecule is CC(C)CCN(CCC(C)C)c1cccc(F)c1C(=O)O. The first-order chi connectivity index (χ1) is 9.82. The van der Waals surface area contributed by atoms with Crippen molar-refractivity contribution in [2.75, 3.05) is 18.0 Å². The lowest BCUT2D eigenvalue weighted by atomic mass is 10.1. The van der Waals surface area contributed by atoms with Gasteiger partial charge in [-0.2, -0.15) is 0 Å². The van der Waals surface area contributed by atoms with Crippen molar-refractivity contribution in [2.45, 2.75) is 40.5 Å². The van der Waals surface area contributed by atoms with E-state index in [1.165, 1.54) is 6.07 Å². The number of anilines is 1. The molecule has 3 nitrogen and oxygen atoms in total. The summed E-state index contributed by atoms with van der Waals surface area (Å²) in [6.07, 6.45) is 1.90. The molecule has 0 atom stereocenters. The van der Waals surface area contributed by atoms with Gasteiger partial charge in [-0.3, -0.25) is 0 Å². The second-order valence-corrected chi connectivity index (χ2v) is 6.29. The van der Waals surface area contributed by atoms with Crippen molar-refractivity contribution in [1.82, 2.24) is 0 Å². The molecule has 0 unspecified atom stereocenters. The van der Waals surface area contributed by atoms with Crippen LogP contribution in [-0.2, 0) is 0 Å². The molecule has 0 radical (unpaired) electrons. The highest BCUT2D eigenvalue weighted by atomic mass is 19.1. The van der Waals surface area contributed by atoms with Crippen LogP contribution in [0.4, 0.5) is 10.1 Å². The number of nitrogens with zero attached hydrogens (tertiary/aromatic N) is 1. The van der Waals surface area contributed by atoms with Gasteiger partial charge in [0.25, 0.3) is 0 Å². The normalized spacial score (nSPS) is 11.2. The molecule has 0 aliphatic rings. The molecule has 1 aromatic carbocycles. The Bertz CT molecular complexity index is 460. The number of aromatic carboxylic acids is 1. The molecule has 0 aliphatic heterocycles. The molecular weight excluding hydrogens is 269 g/mol. The van der Waals surface area contributed by atoms with E-state index in [9.17, 15) is 14.3 Å². The van der Waals surface area contributed by atoms with Crippen LogP contribution in [0.15, 0.2) is 18.2 Å². The summed E-state index contributed by atoms with van der Waals surface area (Å²) in [6.45, 7) is 10.0. The highest BCUT2D eigenvalue weighted by Crippen LogP contribution is 2.25. The van der Waals surface area contributed by atoms with Gasteiger partial charge in [0.05, 0.1) is 5.69 Å². The first-order valence-electron chi connectivity index (χ1n) is 7.59. The summed E-state index contributed by atoms with van der Waals surface area (Å²) in [5.41, 5.74) is 0.272. The maximum atomic E-state index is 13.9. The van der Waals surface area contributed by atoms with E-state index in [1.54, 1.807) is 12.1 Å². The zero-order valence-corrected chi connectivity index (χ0v) is 13.4. The third-order valence-corrected chi connectivity index (χ3v) is 3.50.